The molecule has 0 spiro atoms. The van der Waals surface area contributed by atoms with Crippen molar-refractivity contribution in [1.82, 2.24) is 10.2 Å². The fourth-order valence-corrected chi connectivity index (χ4v) is 4.63. The molecule has 0 aromatic heterocycles. The third kappa shape index (κ3) is 4.57. The van der Waals surface area contributed by atoms with Gasteiger partial charge < -0.3 is 25.2 Å². The zero-order valence-electron chi connectivity index (χ0n) is 18.5. The van der Waals surface area contributed by atoms with Crippen LogP contribution in [0, 0.1) is 0 Å². The van der Waals surface area contributed by atoms with Gasteiger partial charge in [-0.15, -0.1) is 0 Å². The van der Waals surface area contributed by atoms with Crippen molar-refractivity contribution in [2.45, 2.75) is 43.7 Å². The molecule has 8 heteroatoms. The van der Waals surface area contributed by atoms with E-state index >= 15 is 0 Å². The van der Waals surface area contributed by atoms with Crippen LogP contribution in [-0.2, 0) is 14.3 Å². The highest BCUT2D eigenvalue weighted by Gasteiger charge is 2.44. The number of fused-ring (bicyclic) bond motifs is 3. The number of benzene rings is 2. The minimum absolute atomic E-state index is 0.00925. The number of carboxylic acid groups (broad SMARTS) is 1. The van der Waals surface area contributed by atoms with E-state index in [0.29, 0.717) is 6.42 Å². The fraction of sp³-hybridized carbons (Fsp3) is 0.400. The number of amides is 2. The molecule has 1 fully saturated rings. The Morgan fingerprint density at radius 2 is 1.73 bits per heavy atom. The van der Waals surface area contributed by atoms with Gasteiger partial charge in [0.05, 0.1) is 6.54 Å². The van der Waals surface area contributed by atoms with Crippen molar-refractivity contribution >= 4 is 18.0 Å². The molecule has 8 nitrogen and oxygen atoms in total. The number of alkyl carbamates (subject to hydrolysis) is 1. The second-order valence-corrected chi connectivity index (χ2v) is 8.68. The second-order valence-electron chi connectivity index (χ2n) is 8.68. The van der Waals surface area contributed by atoms with Crippen molar-refractivity contribution in [1.29, 1.82) is 0 Å². The van der Waals surface area contributed by atoms with Crippen molar-refractivity contribution in [2.75, 3.05) is 19.7 Å². The standard InChI is InChI=1S/C25H28N2O6/c1-2-16(13-22(28)27-12-11-25(32,15-27)23(29)30)26-24(31)33-14-21-19-9-5-3-7-17(19)18-8-4-6-10-20(18)21/h3-10,16,21,32H,2,11-15H2,1H3,(H,26,31)(H,29,30)/t16-,25?/m0/s1. The van der Waals surface area contributed by atoms with Crippen LogP contribution in [0.2, 0.25) is 0 Å². The maximum Gasteiger partial charge on any atom is 0.407 e. The van der Waals surface area contributed by atoms with Gasteiger partial charge in [-0.3, -0.25) is 4.79 Å². The van der Waals surface area contributed by atoms with Gasteiger partial charge >= 0.3 is 12.1 Å². The van der Waals surface area contributed by atoms with Gasteiger partial charge in [0.25, 0.3) is 0 Å². The molecule has 0 radical (unpaired) electrons. The Kier molecular flexibility index (Phi) is 6.37. The molecule has 1 aliphatic heterocycles. The van der Waals surface area contributed by atoms with Gasteiger partial charge in [-0.2, -0.15) is 0 Å². The van der Waals surface area contributed by atoms with Crippen LogP contribution in [0.5, 0.6) is 0 Å². The number of carboxylic acids is 1. The average Bonchev–Trinajstić information content (AvgIpc) is 3.37. The van der Waals surface area contributed by atoms with Crippen molar-refractivity contribution in [2.24, 2.45) is 0 Å². The molecule has 1 unspecified atom stereocenters. The van der Waals surface area contributed by atoms with Gasteiger partial charge in [-0.05, 0) is 28.7 Å². The first-order valence-electron chi connectivity index (χ1n) is 11.2. The maximum atomic E-state index is 12.6. The largest absolute Gasteiger partial charge is 0.479 e. The number of nitrogens with one attached hydrogen (secondary N) is 1. The predicted molar refractivity (Wildman–Crippen MR) is 121 cm³/mol. The minimum atomic E-state index is -1.91. The number of nitrogens with zero attached hydrogens (tertiary/aromatic N) is 1. The summed E-state index contributed by atoms with van der Waals surface area (Å²) >= 11 is 0. The van der Waals surface area contributed by atoms with Gasteiger partial charge in [0.15, 0.2) is 5.60 Å². The number of hydrogen-bond acceptors (Lipinski definition) is 5. The zero-order chi connectivity index (χ0) is 23.6. The number of likely N-dealkylation sites (tertiary alicyclic amines) is 1. The quantitative estimate of drug-likeness (QED) is 0.595. The molecule has 2 amide bonds. The lowest BCUT2D eigenvalue weighted by atomic mass is 9.98. The third-order valence-corrected chi connectivity index (χ3v) is 6.58. The maximum absolute atomic E-state index is 12.6. The van der Waals surface area contributed by atoms with E-state index in [1.165, 1.54) is 4.90 Å². The smallest absolute Gasteiger partial charge is 0.407 e. The molecule has 2 aliphatic rings. The van der Waals surface area contributed by atoms with E-state index < -0.39 is 23.7 Å². The SMILES string of the molecule is CC[C@@H](CC(=O)N1CCC(O)(C(=O)O)C1)NC(=O)OCC1c2ccccc2-c2ccccc21. The molecule has 1 aliphatic carbocycles. The van der Waals surface area contributed by atoms with Crippen LogP contribution in [0.15, 0.2) is 48.5 Å². The highest BCUT2D eigenvalue weighted by molar-refractivity contribution is 5.83. The van der Waals surface area contributed by atoms with Crippen LogP contribution < -0.4 is 5.32 Å². The van der Waals surface area contributed by atoms with Gasteiger partial charge in [0.2, 0.25) is 5.91 Å². The summed E-state index contributed by atoms with van der Waals surface area (Å²) in [6.45, 7) is 1.95. The number of aliphatic hydroxyl groups is 1. The molecular formula is C25H28N2O6. The first kappa shape index (κ1) is 22.8. The molecule has 2 atom stereocenters. The molecule has 3 N–H and O–H groups in total. The second kappa shape index (κ2) is 9.23. The summed E-state index contributed by atoms with van der Waals surface area (Å²) in [5.74, 6) is -1.69. The Balaban J connectivity index is 1.33. The summed E-state index contributed by atoms with van der Waals surface area (Å²) in [5, 5.41) is 21.9. The van der Waals surface area contributed by atoms with Gasteiger partial charge in [-0.25, -0.2) is 9.59 Å². The van der Waals surface area contributed by atoms with Crippen molar-refractivity contribution in [3.05, 3.63) is 59.7 Å². The number of aliphatic carboxylic acids is 1. The van der Waals surface area contributed by atoms with E-state index in [1.54, 1.807) is 0 Å². The Morgan fingerprint density at radius 1 is 1.12 bits per heavy atom. The van der Waals surface area contributed by atoms with E-state index in [9.17, 15) is 19.5 Å². The van der Waals surface area contributed by atoms with Crippen LogP contribution in [0.3, 0.4) is 0 Å². The normalized spacial score (nSPS) is 20.1. The molecule has 4 rings (SSSR count). The lowest BCUT2D eigenvalue weighted by Gasteiger charge is -2.23. The molecule has 33 heavy (non-hydrogen) atoms. The summed E-state index contributed by atoms with van der Waals surface area (Å²) in [6, 6.07) is 15.7. The lowest BCUT2D eigenvalue weighted by Crippen LogP contribution is -2.44. The Bertz CT molecular complexity index is 1020. The first-order valence-corrected chi connectivity index (χ1v) is 11.2. The van der Waals surface area contributed by atoms with Crippen LogP contribution in [0.4, 0.5) is 4.79 Å². The van der Waals surface area contributed by atoms with Crippen LogP contribution in [-0.4, -0.2) is 64.4 Å². The molecule has 1 saturated heterocycles. The van der Waals surface area contributed by atoms with Crippen LogP contribution >= 0.6 is 0 Å². The number of ether oxygens (including phenoxy) is 1. The Morgan fingerprint density at radius 3 is 2.27 bits per heavy atom. The third-order valence-electron chi connectivity index (χ3n) is 6.58. The monoisotopic (exact) mass is 452 g/mol. The average molecular weight is 453 g/mol. The summed E-state index contributed by atoms with van der Waals surface area (Å²) in [5.41, 5.74) is 2.62. The molecule has 174 valence electrons. The number of carbonyl (C=O) groups excluding carboxylic acids is 2. The van der Waals surface area contributed by atoms with E-state index in [2.05, 4.69) is 17.4 Å². The summed E-state index contributed by atoms with van der Waals surface area (Å²) in [6.07, 6.45) is -0.0893. The lowest BCUT2D eigenvalue weighted by molar-refractivity contribution is -0.157. The van der Waals surface area contributed by atoms with E-state index in [4.69, 9.17) is 9.84 Å². The fourth-order valence-electron chi connectivity index (χ4n) is 4.63. The van der Waals surface area contributed by atoms with Crippen molar-refractivity contribution < 1.29 is 29.3 Å². The van der Waals surface area contributed by atoms with Crippen molar-refractivity contribution in [3.63, 3.8) is 0 Å². The summed E-state index contributed by atoms with van der Waals surface area (Å²) < 4.78 is 5.55. The molecule has 2 aromatic carbocycles. The van der Waals surface area contributed by atoms with Crippen LogP contribution in [0.1, 0.15) is 43.2 Å². The van der Waals surface area contributed by atoms with E-state index in [0.717, 1.165) is 22.3 Å². The Labute approximate surface area is 192 Å². The molecule has 1 heterocycles. The van der Waals surface area contributed by atoms with Crippen LogP contribution in [0.25, 0.3) is 11.1 Å². The first-order chi connectivity index (χ1) is 15.8. The highest BCUT2D eigenvalue weighted by atomic mass is 16.5. The van der Waals surface area contributed by atoms with Crippen molar-refractivity contribution in [3.8, 4) is 11.1 Å². The summed E-state index contributed by atoms with van der Waals surface area (Å²) in [4.78, 5) is 37.6. The van der Waals surface area contributed by atoms with E-state index in [-0.39, 0.29) is 44.4 Å². The number of β-amino-alcohol motifs (C(OH)–C–C–N with tert-alkyl or cyclic N) is 1. The zero-order valence-corrected chi connectivity index (χ0v) is 18.5. The predicted octanol–water partition coefficient (Wildman–Crippen LogP) is 2.74. The highest BCUT2D eigenvalue weighted by Crippen LogP contribution is 2.44. The number of hydrogen-bond donors (Lipinski definition) is 3. The summed E-state index contributed by atoms with van der Waals surface area (Å²) in [7, 11) is 0. The number of rotatable bonds is 7. The Hall–Kier alpha value is -3.39. The van der Waals surface area contributed by atoms with Gasteiger partial charge in [-0.1, -0.05) is 55.5 Å². The number of carbonyl (C=O) groups is 3. The minimum Gasteiger partial charge on any atom is -0.479 e. The molecule has 0 bridgehead atoms. The molecule has 2 aromatic rings. The van der Waals surface area contributed by atoms with Gasteiger partial charge in [0.1, 0.15) is 6.61 Å². The molecular weight excluding hydrogens is 424 g/mol. The molecule has 0 saturated carbocycles. The van der Waals surface area contributed by atoms with E-state index in [1.807, 2.05) is 43.3 Å². The van der Waals surface area contributed by atoms with Gasteiger partial charge in [0, 0.05) is 31.3 Å². The topological polar surface area (TPSA) is 116 Å².